The van der Waals surface area contributed by atoms with Crippen molar-refractivity contribution in [1.29, 1.82) is 0 Å². The summed E-state index contributed by atoms with van der Waals surface area (Å²) in [6, 6.07) is 0. The summed E-state index contributed by atoms with van der Waals surface area (Å²) in [5, 5.41) is 10.3. The van der Waals surface area contributed by atoms with E-state index in [1.807, 2.05) is 0 Å². The first-order chi connectivity index (χ1) is 13.7. The highest BCUT2D eigenvalue weighted by Gasteiger charge is 2.60. The number of hydrogen-bond donors (Lipinski definition) is 1. The number of fused-ring (bicyclic) bond motifs is 5. The Labute approximate surface area is 181 Å². The normalized spacial score (nSPS) is 49.2. The minimum absolute atomic E-state index is 0.0107. The van der Waals surface area contributed by atoms with Crippen LogP contribution < -0.4 is 0 Å². The molecule has 0 amide bonds. The molecule has 0 spiro atoms. The number of aliphatic hydroxyl groups is 1. The Bertz CT molecular complexity index is 569. The van der Waals surface area contributed by atoms with Crippen LogP contribution in [-0.4, -0.2) is 11.2 Å². The summed E-state index contributed by atoms with van der Waals surface area (Å²) in [4.78, 5) is 0. The first-order valence-corrected chi connectivity index (χ1v) is 13.3. The number of aliphatic hydroxyl groups excluding tert-OH is 1. The van der Waals surface area contributed by atoms with Crippen LogP contribution in [0.3, 0.4) is 0 Å². The highest BCUT2D eigenvalue weighted by Crippen LogP contribution is 2.68. The smallest absolute Gasteiger partial charge is 0.0543 e. The maximum atomic E-state index is 10.3. The zero-order chi connectivity index (χ0) is 21.0. The third kappa shape index (κ3) is 3.74. The molecule has 29 heavy (non-hydrogen) atoms. The van der Waals surface area contributed by atoms with E-state index in [-0.39, 0.29) is 6.10 Å². The van der Waals surface area contributed by atoms with Gasteiger partial charge in [0, 0.05) is 0 Å². The maximum absolute atomic E-state index is 10.3. The predicted molar refractivity (Wildman–Crippen MR) is 124 cm³/mol. The summed E-state index contributed by atoms with van der Waals surface area (Å²) in [7, 11) is 0. The van der Waals surface area contributed by atoms with E-state index in [9.17, 15) is 5.11 Å². The van der Waals surface area contributed by atoms with E-state index in [0.717, 1.165) is 60.2 Å². The molecule has 10 atom stereocenters. The van der Waals surface area contributed by atoms with E-state index in [0.29, 0.717) is 10.8 Å². The molecule has 1 heteroatoms. The van der Waals surface area contributed by atoms with Gasteiger partial charge >= 0.3 is 0 Å². The fraction of sp³-hybridized carbons (Fsp3) is 1.00. The maximum Gasteiger partial charge on any atom is 0.0543 e. The Morgan fingerprint density at radius 2 is 1.48 bits per heavy atom. The third-order valence-electron chi connectivity index (χ3n) is 11.6. The highest BCUT2D eigenvalue weighted by atomic mass is 16.3. The van der Waals surface area contributed by atoms with Crippen LogP contribution >= 0.6 is 0 Å². The summed E-state index contributed by atoms with van der Waals surface area (Å²) in [6.07, 6.45) is 15.1. The van der Waals surface area contributed by atoms with E-state index in [4.69, 9.17) is 0 Å². The van der Waals surface area contributed by atoms with Crippen molar-refractivity contribution in [2.24, 2.45) is 58.2 Å². The Kier molecular flexibility index (Phi) is 6.22. The van der Waals surface area contributed by atoms with E-state index in [2.05, 4.69) is 41.5 Å². The van der Waals surface area contributed by atoms with Crippen molar-refractivity contribution < 1.29 is 5.11 Å². The highest BCUT2D eigenvalue weighted by molar-refractivity contribution is 5.09. The molecule has 0 heterocycles. The summed E-state index contributed by atoms with van der Waals surface area (Å²) in [5.41, 5.74) is 1.14. The second-order valence-corrected chi connectivity index (χ2v) is 13.1. The fourth-order valence-electron chi connectivity index (χ4n) is 9.27. The van der Waals surface area contributed by atoms with Gasteiger partial charge in [0.2, 0.25) is 0 Å². The van der Waals surface area contributed by atoms with Gasteiger partial charge < -0.3 is 5.11 Å². The van der Waals surface area contributed by atoms with Crippen molar-refractivity contribution in [1.82, 2.24) is 0 Å². The quantitative estimate of drug-likeness (QED) is 0.499. The molecule has 4 aliphatic carbocycles. The molecule has 1 N–H and O–H groups in total. The minimum Gasteiger partial charge on any atom is -0.393 e. The van der Waals surface area contributed by atoms with Crippen LogP contribution in [0.5, 0.6) is 0 Å². The lowest BCUT2D eigenvalue weighted by atomic mass is 9.44. The molecule has 0 aliphatic heterocycles. The molecule has 0 saturated heterocycles. The Balaban J connectivity index is 1.46. The van der Waals surface area contributed by atoms with Crippen LogP contribution in [-0.2, 0) is 0 Å². The molecule has 0 radical (unpaired) electrons. The molecular weight excluding hydrogens is 352 g/mol. The number of rotatable bonds is 5. The Hall–Kier alpha value is -0.0400. The molecule has 168 valence electrons. The molecule has 0 bridgehead atoms. The minimum atomic E-state index is -0.0107. The molecule has 1 nitrogen and oxygen atoms in total. The van der Waals surface area contributed by atoms with Gasteiger partial charge in [0.05, 0.1) is 6.10 Å². The second kappa shape index (κ2) is 8.14. The van der Waals surface area contributed by atoms with Crippen molar-refractivity contribution >= 4 is 0 Å². The summed E-state index contributed by atoms with van der Waals surface area (Å²) in [5.74, 6) is 7.28. The van der Waals surface area contributed by atoms with Crippen LogP contribution in [0.1, 0.15) is 112 Å². The van der Waals surface area contributed by atoms with Gasteiger partial charge in [-0.25, -0.2) is 0 Å². The van der Waals surface area contributed by atoms with Crippen molar-refractivity contribution in [2.75, 3.05) is 0 Å². The SMILES string of the molecule is CC(C)[C@@H](C)CC[C@@H](C)[C@@H]1CC[C@@H]2[C@@H]3CC[C@H]4C[C@H](O)CC[C@]4(C)[C@H]3CC[C@@]21C. The largest absolute Gasteiger partial charge is 0.393 e. The second-order valence-electron chi connectivity index (χ2n) is 13.1. The van der Waals surface area contributed by atoms with E-state index < -0.39 is 0 Å². The fourth-order valence-corrected chi connectivity index (χ4v) is 9.27. The van der Waals surface area contributed by atoms with E-state index in [1.54, 1.807) is 0 Å². The van der Waals surface area contributed by atoms with Crippen LogP contribution in [0.2, 0.25) is 0 Å². The molecule has 4 saturated carbocycles. The van der Waals surface area contributed by atoms with Gasteiger partial charge in [-0.05, 0) is 116 Å². The summed E-state index contributed by atoms with van der Waals surface area (Å²) >= 11 is 0. The lowest BCUT2D eigenvalue weighted by molar-refractivity contribution is -0.129. The predicted octanol–water partition coefficient (Wildman–Crippen LogP) is 7.71. The van der Waals surface area contributed by atoms with Crippen LogP contribution in [0.25, 0.3) is 0 Å². The van der Waals surface area contributed by atoms with Gasteiger partial charge in [-0.1, -0.05) is 54.4 Å². The van der Waals surface area contributed by atoms with Crippen LogP contribution in [0.15, 0.2) is 0 Å². The van der Waals surface area contributed by atoms with E-state index in [1.165, 1.54) is 57.8 Å². The zero-order valence-corrected chi connectivity index (χ0v) is 20.4. The average molecular weight is 403 g/mol. The van der Waals surface area contributed by atoms with Gasteiger partial charge in [0.15, 0.2) is 0 Å². The molecule has 4 aliphatic rings. The van der Waals surface area contributed by atoms with Crippen molar-refractivity contribution in [3.8, 4) is 0 Å². The summed E-state index contributed by atoms with van der Waals surface area (Å²) in [6.45, 7) is 15.2. The first kappa shape index (κ1) is 22.2. The van der Waals surface area contributed by atoms with Gasteiger partial charge in [-0.15, -0.1) is 0 Å². The van der Waals surface area contributed by atoms with Gasteiger partial charge in [-0.2, -0.15) is 0 Å². The van der Waals surface area contributed by atoms with Gasteiger partial charge in [-0.3, -0.25) is 0 Å². The van der Waals surface area contributed by atoms with Gasteiger partial charge in [0.1, 0.15) is 0 Å². The molecule has 0 aromatic rings. The average Bonchev–Trinajstić information content (AvgIpc) is 3.03. The molecule has 4 fully saturated rings. The topological polar surface area (TPSA) is 20.2 Å². The van der Waals surface area contributed by atoms with E-state index >= 15 is 0 Å². The Morgan fingerprint density at radius 3 is 2.21 bits per heavy atom. The first-order valence-electron chi connectivity index (χ1n) is 13.3. The Morgan fingerprint density at radius 1 is 0.793 bits per heavy atom. The summed E-state index contributed by atoms with van der Waals surface area (Å²) < 4.78 is 0. The zero-order valence-electron chi connectivity index (χ0n) is 20.4. The van der Waals surface area contributed by atoms with Crippen LogP contribution in [0.4, 0.5) is 0 Å². The molecule has 0 aromatic heterocycles. The molecule has 4 rings (SSSR count). The van der Waals surface area contributed by atoms with Crippen molar-refractivity contribution in [3.05, 3.63) is 0 Å². The molecule has 0 aromatic carbocycles. The lowest BCUT2D eigenvalue weighted by Crippen LogP contribution is -2.54. The van der Waals surface area contributed by atoms with Crippen molar-refractivity contribution in [2.45, 2.75) is 118 Å². The monoisotopic (exact) mass is 402 g/mol. The molecule has 0 unspecified atom stereocenters. The third-order valence-corrected chi connectivity index (χ3v) is 11.6. The standard InChI is InChI=1S/C28H50O/c1-18(2)19(3)7-8-20(4)24-11-12-25-23-10-9-21-17-22(29)13-15-27(21,5)26(23)14-16-28(24,25)6/h18-26,29H,7-17H2,1-6H3/t19-,20+,21-,22+,23-,24-,25+,26-,27-,28+/m0/s1. The lowest BCUT2D eigenvalue weighted by Gasteiger charge is -2.61. The van der Waals surface area contributed by atoms with Gasteiger partial charge in [0.25, 0.3) is 0 Å². The number of hydrogen-bond acceptors (Lipinski definition) is 1. The molecular formula is C28H50O. The van der Waals surface area contributed by atoms with Crippen molar-refractivity contribution in [3.63, 3.8) is 0 Å². The van der Waals surface area contributed by atoms with Crippen LogP contribution in [0, 0.1) is 58.2 Å².